The van der Waals surface area contributed by atoms with Crippen LogP contribution in [0.25, 0.3) is 0 Å². The van der Waals surface area contributed by atoms with Crippen molar-refractivity contribution in [3.63, 3.8) is 0 Å². The highest BCUT2D eigenvalue weighted by Gasteiger charge is 2.35. The van der Waals surface area contributed by atoms with Crippen molar-refractivity contribution < 1.29 is 24.2 Å². The Bertz CT molecular complexity index is 867. The Morgan fingerprint density at radius 2 is 1.86 bits per heavy atom. The SMILES string of the molecule is COc1ccc(CN2C[C@H](C(=O)N[C@@H](CC(=O)O)c3ccccc3)CC2=O)cc1. The monoisotopic (exact) mass is 396 g/mol. The summed E-state index contributed by atoms with van der Waals surface area (Å²) in [5.74, 6) is -1.14. The van der Waals surface area contributed by atoms with Crippen molar-refractivity contribution in [3.05, 3.63) is 65.7 Å². The lowest BCUT2D eigenvalue weighted by atomic mass is 10.0. The van der Waals surface area contributed by atoms with E-state index in [1.165, 1.54) is 0 Å². The molecule has 2 atom stereocenters. The predicted molar refractivity (Wildman–Crippen MR) is 106 cm³/mol. The fourth-order valence-corrected chi connectivity index (χ4v) is 3.45. The molecule has 1 saturated heterocycles. The number of carbonyl (C=O) groups excluding carboxylic acids is 2. The van der Waals surface area contributed by atoms with Gasteiger partial charge in [-0.3, -0.25) is 14.4 Å². The maximum Gasteiger partial charge on any atom is 0.305 e. The third-order valence-corrected chi connectivity index (χ3v) is 5.01. The van der Waals surface area contributed by atoms with Gasteiger partial charge in [0.25, 0.3) is 0 Å². The highest BCUT2D eigenvalue weighted by atomic mass is 16.5. The fourth-order valence-electron chi connectivity index (χ4n) is 3.45. The molecule has 29 heavy (non-hydrogen) atoms. The van der Waals surface area contributed by atoms with E-state index in [9.17, 15) is 19.5 Å². The molecule has 2 aromatic rings. The number of benzene rings is 2. The van der Waals surface area contributed by atoms with Gasteiger partial charge in [0.05, 0.1) is 25.5 Å². The summed E-state index contributed by atoms with van der Waals surface area (Å²) in [6.45, 7) is 0.731. The van der Waals surface area contributed by atoms with E-state index >= 15 is 0 Å². The van der Waals surface area contributed by atoms with Crippen LogP contribution in [0.3, 0.4) is 0 Å². The number of nitrogens with one attached hydrogen (secondary N) is 1. The van der Waals surface area contributed by atoms with Crippen molar-refractivity contribution in [2.45, 2.75) is 25.4 Å². The van der Waals surface area contributed by atoms with Crippen molar-refractivity contribution in [1.82, 2.24) is 10.2 Å². The molecule has 152 valence electrons. The predicted octanol–water partition coefficient (Wildman–Crippen LogP) is 2.38. The molecular formula is C22H24N2O5. The fraction of sp³-hybridized carbons (Fsp3) is 0.318. The van der Waals surface area contributed by atoms with E-state index in [1.54, 1.807) is 36.3 Å². The Balaban J connectivity index is 1.63. The van der Waals surface area contributed by atoms with Crippen LogP contribution in [0.4, 0.5) is 0 Å². The van der Waals surface area contributed by atoms with E-state index in [0.717, 1.165) is 16.9 Å². The number of hydrogen-bond donors (Lipinski definition) is 2. The average molecular weight is 396 g/mol. The summed E-state index contributed by atoms with van der Waals surface area (Å²) < 4.78 is 5.13. The second kappa shape index (κ2) is 9.23. The summed E-state index contributed by atoms with van der Waals surface area (Å²) in [4.78, 5) is 38.0. The van der Waals surface area contributed by atoms with Gasteiger partial charge >= 0.3 is 5.97 Å². The lowest BCUT2D eigenvalue weighted by molar-refractivity contribution is -0.138. The number of nitrogens with zero attached hydrogens (tertiary/aromatic N) is 1. The second-order valence-corrected chi connectivity index (χ2v) is 7.09. The quantitative estimate of drug-likeness (QED) is 0.714. The van der Waals surface area contributed by atoms with Crippen LogP contribution in [0.2, 0.25) is 0 Å². The lowest BCUT2D eigenvalue weighted by Gasteiger charge is -2.20. The number of aliphatic carboxylic acids is 1. The van der Waals surface area contributed by atoms with Crippen LogP contribution in [-0.2, 0) is 20.9 Å². The van der Waals surface area contributed by atoms with Gasteiger partial charge in [0, 0.05) is 19.5 Å². The number of carboxylic acids is 1. The molecular weight excluding hydrogens is 372 g/mol. The van der Waals surface area contributed by atoms with Gasteiger partial charge in [-0.25, -0.2) is 0 Å². The number of rotatable bonds is 8. The van der Waals surface area contributed by atoms with E-state index in [-0.39, 0.29) is 24.7 Å². The number of amides is 2. The van der Waals surface area contributed by atoms with Gasteiger partial charge in [0.15, 0.2) is 0 Å². The van der Waals surface area contributed by atoms with Crippen LogP contribution in [0.5, 0.6) is 5.75 Å². The molecule has 0 unspecified atom stereocenters. The van der Waals surface area contributed by atoms with Crippen LogP contribution >= 0.6 is 0 Å². The maximum atomic E-state index is 12.7. The first kappa shape index (κ1) is 20.4. The Hall–Kier alpha value is -3.35. The Kier molecular flexibility index (Phi) is 6.49. The summed E-state index contributed by atoms with van der Waals surface area (Å²) in [6.07, 6.45) is -0.0947. The van der Waals surface area contributed by atoms with Crippen molar-refractivity contribution in [1.29, 1.82) is 0 Å². The molecule has 7 nitrogen and oxygen atoms in total. The van der Waals surface area contributed by atoms with Gasteiger partial charge in [-0.05, 0) is 23.3 Å². The van der Waals surface area contributed by atoms with E-state index in [0.29, 0.717) is 13.1 Å². The highest BCUT2D eigenvalue weighted by molar-refractivity contribution is 5.89. The molecule has 2 aromatic carbocycles. The minimum atomic E-state index is -0.997. The Morgan fingerprint density at radius 1 is 1.17 bits per heavy atom. The first-order valence-corrected chi connectivity index (χ1v) is 9.44. The number of hydrogen-bond acceptors (Lipinski definition) is 4. The number of methoxy groups -OCH3 is 1. The smallest absolute Gasteiger partial charge is 0.305 e. The van der Waals surface area contributed by atoms with Crippen molar-refractivity contribution in [2.24, 2.45) is 5.92 Å². The van der Waals surface area contributed by atoms with Gasteiger partial charge in [-0.15, -0.1) is 0 Å². The molecule has 0 radical (unpaired) electrons. The second-order valence-electron chi connectivity index (χ2n) is 7.09. The number of ether oxygens (including phenoxy) is 1. The zero-order valence-electron chi connectivity index (χ0n) is 16.2. The van der Waals surface area contributed by atoms with Crippen LogP contribution in [-0.4, -0.2) is 41.4 Å². The zero-order valence-corrected chi connectivity index (χ0v) is 16.2. The van der Waals surface area contributed by atoms with Crippen LogP contribution in [0, 0.1) is 5.92 Å². The molecule has 0 aromatic heterocycles. The Labute approximate surface area is 169 Å². The Morgan fingerprint density at radius 3 is 2.48 bits per heavy atom. The molecule has 0 aliphatic carbocycles. The molecule has 3 rings (SSSR count). The standard InChI is InChI=1S/C22H24N2O5/c1-29-18-9-7-15(8-10-18)13-24-14-17(11-20(24)25)22(28)23-19(12-21(26)27)16-5-3-2-4-6-16/h2-10,17,19H,11-14H2,1H3,(H,23,28)(H,26,27)/t17-,19+/m1/s1. The van der Waals surface area contributed by atoms with Gasteiger partial charge in [0.2, 0.25) is 11.8 Å². The molecule has 7 heteroatoms. The zero-order chi connectivity index (χ0) is 20.8. The van der Waals surface area contributed by atoms with E-state index in [4.69, 9.17) is 4.74 Å². The highest BCUT2D eigenvalue weighted by Crippen LogP contribution is 2.24. The lowest BCUT2D eigenvalue weighted by Crippen LogP contribution is -2.36. The van der Waals surface area contributed by atoms with E-state index in [1.807, 2.05) is 30.3 Å². The maximum absolute atomic E-state index is 12.7. The largest absolute Gasteiger partial charge is 0.497 e. The van der Waals surface area contributed by atoms with Gasteiger partial charge in [-0.2, -0.15) is 0 Å². The van der Waals surface area contributed by atoms with Crippen LogP contribution < -0.4 is 10.1 Å². The molecule has 1 heterocycles. The van der Waals surface area contributed by atoms with Crippen LogP contribution in [0.15, 0.2) is 54.6 Å². The van der Waals surface area contributed by atoms with E-state index < -0.39 is 17.9 Å². The summed E-state index contributed by atoms with van der Waals surface area (Å²) in [5, 5.41) is 12.0. The summed E-state index contributed by atoms with van der Waals surface area (Å²) in [5.41, 5.74) is 1.68. The first-order valence-electron chi connectivity index (χ1n) is 9.44. The normalized spacial score (nSPS) is 17.1. The minimum Gasteiger partial charge on any atom is -0.497 e. The molecule has 0 saturated carbocycles. The molecule has 1 aliphatic rings. The minimum absolute atomic E-state index is 0.0875. The first-order chi connectivity index (χ1) is 14.0. The summed E-state index contributed by atoms with van der Waals surface area (Å²) in [6, 6.07) is 15.8. The van der Waals surface area contributed by atoms with Gasteiger partial charge in [0.1, 0.15) is 5.75 Å². The van der Waals surface area contributed by atoms with E-state index in [2.05, 4.69) is 5.32 Å². The van der Waals surface area contributed by atoms with Gasteiger partial charge < -0.3 is 20.1 Å². The third kappa shape index (κ3) is 5.34. The molecule has 0 bridgehead atoms. The third-order valence-electron chi connectivity index (χ3n) is 5.01. The number of carboxylic acid groups (broad SMARTS) is 1. The van der Waals surface area contributed by atoms with Crippen LogP contribution in [0.1, 0.15) is 30.0 Å². The topological polar surface area (TPSA) is 95.9 Å². The molecule has 1 fully saturated rings. The number of likely N-dealkylation sites (tertiary alicyclic amines) is 1. The summed E-state index contributed by atoms with van der Waals surface area (Å²) >= 11 is 0. The molecule has 0 spiro atoms. The number of carbonyl (C=O) groups is 3. The van der Waals surface area contributed by atoms with Crippen molar-refractivity contribution in [2.75, 3.05) is 13.7 Å². The van der Waals surface area contributed by atoms with Gasteiger partial charge in [-0.1, -0.05) is 42.5 Å². The molecule has 2 amide bonds. The van der Waals surface area contributed by atoms with Crippen molar-refractivity contribution >= 4 is 17.8 Å². The average Bonchev–Trinajstić information content (AvgIpc) is 3.09. The van der Waals surface area contributed by atoms with Crippen molar-refractivity contribution in [3.8, 4) is 5.75 Å². The molecule has 2 N–H and O–H groups in total. The summed E-state index contributed by atoms with van der Waals surface area (Å²) in [7, 11) is 1.59. The molecule has 1 aliphatic heterocycles.